The van der Waals surface area contributed by atoms with E-state index >= 15 is 0 Å². The van der Waals surface area contributed by atoms with E-state index in [0.29, 0.717) is 34.9 Å². The van der Waals surface area contributed by atoms with Crippen LogP contribution in [0.4, 0.5) is 5.69 Å². The summed E-state index contributed by atoms with van der Waals surface area (Å²) in [7, 11) is 1.60. The molecule has 1 amide bonds. The van der Waals surface area contributed by atoms with Crippen molar-refractivity contribution in [1.82, 2.24) is 9.97 Å². The van der Waals surface area contributed by atoms with Crippen molar-refractivity contribution in [3.63, 3.8) is 0 Å². The van der Waals surface area contributed by atoms with Gasteiger partial charge in [-0.15, -0.1) is 0 Å². The Hall–Kier alpha value is -1.99. The normalized spacial score (nSPS) is 10.2. The molecule has 0 spiro atoms. The minimum atomic E-state index is -0.259. The lowest BCUT2D eigenvalue weighted by Gasteiger charge is -2.07. The highest BCUT2D eigenvalue weighted by Crippen LogP contribution is 2.16. The minimum absolute atomic E-state index is 0.259. The average Bonchev–Trinajstić information content (AvgIpc) is 2.49. The Kier molecular flexibility index (Phi) is 5.65. The highest BCUT2D eigenvalue weighted by Gasteiger charge is 2.10. The smallest absolute Gasteiger partial charge is 0.258 e. The third kappa shape index (κ3) is 4.51. The molecule has 0 aliphatic carbocycles. The van der Waals surface area contributed by atoms with Crippen LogP contribution in [0.3, 0.4) is 0 Å². The van der Waals surface area contributed by atoms with Crippen LogP contribution in [0, 0.1) is 0 Å². The molecule has 0 saturated heterocycles. The highest BCUT2D eigenvalue weighted by atomic mass is 79.9. The van der Waals surface area contributed by atoms with Gasteiger partial charge in [0, 0.05) is 19.4 Å². The van der Waals surface area contributed by atoms with Gasteiger partial charge in [-0.1, -0.05) is 0 Å². The third-order valence-electron chi connectivity index (χ3n) is 2.54. The van der Waals surface area contributed by atoms with Gasteiger partial charge in [0.2, 0.25) is 5.88 Å². The molecule has 0 saturated carbocycles. The van der Waals surface area contributed by atoms with E-state index in [0.717, 1.165) is 0 Å². The van der Waals surface area contributed by atoms with E-state index in [4.69, 9.17) is 9.47 Å². The van der Waals surface area contributed by atoms with Gasteiger partial charge in [-0.25, -0.2) is 9.97 Å². The second kappa shape index (κ2) is 7.70. The van der Waals surface area contributed by atoms with E-state index in [1.165, 1.54) is 6.20 Å². The number of amides is 1. The molecular formula is C14H14BrN3O3. The van der Waals surface area contributed by atoms with E-state index in [9.17, 15) is 4.79 Å². The Balaban J connectivity index is 1.97. The van der Waals surface area contributed by atoms with Crippen LogP contribution in [-0.2, 0) is 4.74 Å². The summed E-state index contributed by atoms with van der Waals surface area (Å²) < 4.78 is 10.7. The number of hydrogen-bond acceptors (Lipinski definition) is 5. The number of rotatable bonds is 6. The van der Waals surface area contributed by atoms with Gasteiger partial charge in [0.25, 0.3) is 5.91 Å². The first-order valence-corrected chi connectivity index (χ1v) is 6.99. The molecule has 2 aromatic heterocycles. The predicted octanol–water partition coefficient (Wildman–Crippen LogP) is 2.52. The summed E-state index contributed by atoms with van der Waals surface area (Å²) in [5.41, 5.74) is 1.03. The zero-order valence-electron chi connectivity index (χ0n) is 11.4. The fourth-order valence-electron chi connectivity index (χ4n) is 1.52. The number of carbonyl (C=O) groups excluding carboxylic acids is 1. The van der Waals surface area contributed by atoms with Gasteiger partial charge in [0.15, 0.2) is 0 Å². The van der Waals surface area contributed by atoms with Crippen LogP contribution in [-0.4, -0.2) is 36.2 Å². The van der Waals surface area contributed by atoms with Gasteiger partial charge in [-0.2, -0.15) is 0 Å². The van der Waals surface area contributed by atoms with Gasteiger partial charge in [0.1, 0.15) is 11.2 Å². The van der Waals surface area contributed by atoms with Crippen molar-refractivity contribution in [2.24, 2.45) is 0 Å². The van der Waals surface area contributed by atoms with Crippen molar-refractivity contribution in [1.29, 1.82) is 0 Å². The van der Waals surface area contributed by atoms with Crippen molar-refractivity contribution in [2.75, 3.05) is 25.6 Å². The summed E-state index contributed by atoms with van der Waals surface area (Å²) in [6.07, 6.45) is 3.14. The summed E-state index contributed by atoms with van der Waals surface area (Å²) in [5.74, 6) is 0.220. The van der Waals surface area contributed by atoms with Crippen LogP contribution in [0.15, 0.2) is 41.3 Å². The Bertz CT molecular complexity index is 605. The van der Waals surface area contributed by atoms with Crippen molar-refractivity contribution >= 4 is 27.5 Å². The highest BCUT2D eigenvalue weighted by molar-refractivity contribution is 9.10. The van der Waals surface area contributed by atoms with E-state index in [-0.39, 0.29) is 5.91 Å². The molecule has 6 nitrogen and oxygen atoms in total. The summed E-state index contributed by atoms with van der Waals surface area (Å²) in [6.45, 7) is 0.924. The number of ether oxygens (including phenoxy) is 2. The predicted molar refractivity (Wildman–Crippen MR) is 81.5 cm³/mol. The maximum Gasteiger partial charge on any atom is 0.258 e. The molecular weight excluding hydrogens is 338 g/mol. The van der Waals surface area contributed by atoms with E-state index < -0.39 is 0 Å². The molecule has 0 aliphatic rings. The van der Waals surface area contributed by atoms with Crippen LogP contribution in [0.2, 0.25) is 0 Å². The van der Waals surface area contributed by atoms with Gasteiger partial charge in [-0.05, 0) is 34.1 Å². The largest absolute Gasteiger partial charge is 0.475 e. The number of anilines is 1. The first-order chi connectivity index (χ1) is 10.2. The first kappa shape index (κ1) is 15.4. The lowest BCUT2D eigenvalue weighted by molar-refractivity contribution is 0.102. The number of methoxy groups -OCH3 is 1. The van der Waals surface area contributed by atoms with E-state index in [2.05, 4.69) is 31.2 Å². The van der Waals surface area contributed by atoms with Gasteiger partial charge in [0.05, 0.1) is 24.1 Å². The average molecular weight is 352 g/mol. The molecule has 0 aliphatic heterocycles. The quantitative estimate of drug-likeness (QED) is 0.639. The zero-order valence-corrected chi connectivity index (χ0v) is 13.0. The molecule has 1 N–H and O–H groups in total. The molecule has 0 bridgehead atoms. The van der Waals surface area contributed by atoms with Crippen molar-refractivity contribution in [3.8, 4) is 5.88 Å². The number of halogens is 1. The summed E-state index contributed by atoms with van der Waals surface area (Å²) in [6, 6.07) is 6.79. The first-order valence-electron chi connectivity index (χ1n) is 6.20. The number of hydrogen-bond donors (Lipinski definition) is 1. The third-order valence-corrected chi connectivity index (χ3v) is 3.17. The molecule has 0 radical (unpaired) electrons. The monoisotopic (exact) mass is 351 g/mol. The molecule has 0 unspecified atom stereocenters. The van der Waals surface area contributed by atoms with Gasteiger partial charge in [-0.3, -0.25) is 4.79 Å². The molecule has 2 rings (SSSR count). The molecule has 2 aromatic rings. The number of carbonyl (C=O) groups is 1. The maximum absolute atomic E-state index is 12.1. The lowest BCUT2D eigenvalue weighted by atomic mass is 10.2. The van der Waals surface area contributed by atoms with Crippen molar-refractivity contribution in [3.05, 3.63) is 46.8 Å². The van der Waals surface area contributed by atoms with Crippen molar-refractivity contribution < 1.29 is 14.3 Å². The second-order valence-corrected chi connectivity index (χ2v) is 4.77. The number of aromatic nitrogens is 2. The topological polar surface area (TPSA) is 73.3 Å². The van der Waals surface area contributed by atoms with Gasteiger partial charge < -0.3 is 14.8 Å². The van der Waals surface area contributed by atoms with Gasteiger partial charge >= 0.3 is 0 Å². The zero-order chi connectivity index (χ0) is 15.1. The van der Waals surface area contributed by atoms with Crippen molar-refractivity contribution in [2.45, 2.75) is 0 Å². The Labute approximate surface area is 130 Å². The second-order valence-electron chi connectivity index (χ2n) is 4.02. The molecule has 21 heavy (non-hydrogen) atoms. The number of pyridine rings is 2. The van der Waals surface area contributed by atoms with Crippen LogP contribution in [0.25, 0.3) is 0 Å². The van der Waals surface area contributed by atoms with Crippen LogP contribution >= 0.6 is 15.9 Å². The minimum Gasteiger partial charge on any atom is -0.475 e. The molecule has 0 aromatic carbocycles. The fraction of sp³-hybridized carbons (Fsp3) is 0.214. The van der Waals surface area contributed by atoms with E-state index in [1.54, 1.807) is 37.6 Å². The molecule has 110 valence electrons. The fourth-order valence-corrected chi connectivity index (χ4v) is 1.95. The Morgan fingerprint density at radius 2 is 2.14 bits per heavy atom. The summed E-state index contributed by atoms with van der Waals surface area (Å²) in [4.78, 5) is 20.2. The number of nitrogens with zero attached hydrogens (tertiary/aromatic N) is 2. The lowest BCUT2D eigenvalue weighted by Crippen LogP contribution is -2.13. The van der Waals surface area contributed by atoms with Crippen LogP contribution in [0.5, 0.6) is 5.88 Å². The van der Waals surface area contributed by atoms with Crippen LogP contribution in [0.1, 0.15) is 10.4 Å². The Morgan fingerprint density at radius 1 is 1.29 bits per heavy atom. The summed E-state index contributed by atoms with van der Waals surface area (Å²) >= 11 is 3.24. The Morgan fingerprint density at radius 3 is 2.81 bits per heavy atom. The SMILES string of the molecule is COCCOc1ccc(NC(=O)c2cccnc2Br)cn1. The van der Waals surface area contributed by atoms with Crippen LogP contribution < -0.4 is 10.1 Å². The number of nitrogens with one attached hydrogen (secondary N) is 1. The molecule has 7 heteroatoms. The summed E-state index contributed by atoms with van der Waals surface area (Å²) in [5, 5.41) is 2.74. The molecule has 0 atom stereocenters. The molecule has 0 fully saturated rings. The standard InChI is InChI=1S/C14H14BrN3O3/c1-20-7-8-21-12-5-4-10(9-17-12)18-14(19)11-3-2-6-16-13(11)15/h2-6,9H,7-8H2,1H3,(H,18,19). The molecule has 2 heterocycles. The van der Waals surface area contributed by atoms with E-state index in [1.807, 2.05) is 0 Å². The maximum atomic E-state index is 12.1.